The van der Waals surface area contributed by atoms with Crippen LogP contribution in [-0.2, 0) is 16.6 Å². The van der Waals surface area contributed by atoms with Crippen LogP contribution in [0.3, 0.4) is 0 Å². The maximum absolute atomic E-state index is 11.9. The van der Waals surface area contributed by atoms with E-state index < -0.39 is 12.1 Å². The van der Waals surface area contributed by atoms with Crippen LogP contribution in [0.15, 0.2) is 18.3 Å². The molecule has 0 bridgehead atoms. The fraction of sp³-hybridized carbons (Fsp3) is 0.571. The standard InChI is InChI=1S/C14H20N2O3/c1-10(13(17)15-11-6-3-4-7-11)19-14(18)12-8-5-9-16(12)2/h5,8-11H,3-4,6-7H2,1-2H3,(H,15,17)/t10-/m1/s1. The van der Waals surface area contributed by atoms with E-state index in [9.17, 15) is 9.59 Å². The summed E-state index contributed by atoms with van der Waals surface area (Å²) in [6, 6.07) is 3.67. The van der Waals surface area contributed by atoms with Gasteiger partial charge in [0.1, 0.15) is 5.69 Å². The smallest absolute Gasteiger partial charge is 0.355 e. The molecule has 19 heavy (non-hydrogen) atoms. The summed E-state index contributed by atoms with van der Waals surface area (Å²) in [5.41, 5.74) is 0.445. The molecule has 0 unspecified atom stereocenters. The van der Waals surface area contributed by atoms with Crippen molar-refractivity contribution in [3.8, 4) is 0 Å². The first-order chi connectivity index (χ1) is 9.08. The van der Waals surface area contributed by atoms with E-state index >= 15 is 0 Å². The number of rotatable bonds is 4. The number of esters is 1. The lowest BCUT2D eigenvalue weighted by Crippen LogP contribution is -2.41. The Morgan fingerprint density at radius 1 is 1.42 bits per heavy atom. The second kappa shape index (κ2) is 5.91. The van der Waals surface area contributed by atoms with Gasteiger partial charge >= 0.3 is 5.97 Å². The van der Waals surface area contributed by atoms with Gasteiger partial charge < -0.3 is 14.6 Å². The number of carbonyl (C=O) groups excluding carboxylic acids is 2. The lowest BCUT2D eigenvalue weighted by Gasteiger charge is -2.17. The van der Waals surface area contributed by atoms with Gasteiger partial charge in [-0.25, -0.2) is 4.79 Å². The Bertz CT molecular complexity index is 461. The number of amides is 1. The Morgan fingerprint density at radius 3 is 2.68 bits per heavy atom. The number of hydrogen-bond acceptors (Lipinski definition) is 3. The zero-order chi connectivity index (χ0) is 13.8. The number of carbonyl (C=O) groups is 2. The van der Waals surface area contributed by atoms with Crippen LogP contribution >= 0.6 is 0 Å². The summed E-state index contributed by atoms with van der Waals surface area (Å²) >= 11 is 0. The van der Waals surface area contributed by atoms with Gasteiger partial charge in [0, 0.05) is 19.3 Å². The normalized spacial score (nSPS) is 17.2. The van der Waals surface area contributed by atoms with Crippen LogP contribution in [0, 0.1) is 0 Å². The van der Waals surface area contributed by atoms with Crippen molar-refractivity contribution in [3.05, 3.63) is 24.0 Å². The zero-order valence-corrected chi connectivity index (χ0v) is 11.4. The minimum Gasteiger partial charge on any atom is -0.448 e. The van der Waals surface area contributed by atoms with Gasteiger partial charge in [0.15, 0.2) is 6.10 Å². The third-order valence-corrected chi connectivity index (χ3v) is 3.51. The number of aromatic nitrogens is 1. The van der Waals surface area contributed by atoms with Crippen molar-refractivity contribution in [2.75, 3.05) is 0 Å². The summed E-state index contributed by atoms with van der Waals surface area (Å²) in [6.07, 6.45) is 5.35. The van der Waals surface area contributed by atoms with Crippen LogP contribution < -0.4 is 5.32 Å². The van der Waals surface area contributed by atoms with Gasteiger partial charge in [-0.3, -0.25) is 4.79 Å². The number of aryl methyl sites for hydroxylation is 1. The molecule has 1 aromatic heterocycles. The van der Waals surface area contributed by atoms with Crippen molar-refractivity contribution >= 4 is 11.9 Å². The van der Waals surface area contributed by atoms with Crippen molar-refractivity contribution in [2.45, 2.75) is 44.8 Å². The SMILES string of the molecule is C[C@@H](OC(=O)c1cccn1C)C(=O)NC1CCCC1. The average Bonchev–Trinajstić information content (AvgIpc) is 3.00. The average molecular weight is 264 g/mol. The molecule has 0 spiro atoms. The summed E-state index contributed by atoms with van der Waals surface area (Å²) in [5, 5.41) is 2.92. The van der Waals surface area contributed by atoms with E-state index in [2.05, 4.69) is 5.32 Å². The molecule has 2 rings (SSSR count). The van der Waals surface area contributed by atoms with Gasteiger partial charge in [0.25, 0.3) is 5.91 Å². The van der Waals surface area contributed by atoms with E-state index in [1.165, 1.54) is 0 Å². The van der Waals surface area contributed by atoms with Crippen LogP contribution in [0.2, 0.25) is 0 Å². The molecule has 104 valence electrons. The molecular formula is C14H20N2O3. The van der Waals surface area contributed by atoms with Gasteiger partial charge in [-0.2, -0.15) is 0 Å². The van der Waals surface area contributed by atoms with Crippen molar-refractivity contribution in [1.82, 2.24) is 9.88 Å². The Hall–Kier alpha value is -1.78. The van der Waals surface area contributed by atoms with E-state index in [-0.39, 0.29) is 11.9 Å². The highest BCUT2D eigenvalue weighted by molar-refractivity contribution is 5.91. The maximum atomic E-state index is 11.9. The fourth-order valence-corrected chi connectivity index (χ4v) is 2.34. The lowest BCUT2D eigenvalue weighted by atomic mass is 10.2. The van der Waals surface area contributed by atoms with Gasteiger partial charge in [0.2, 0.25) is 0 Å². The Labute approximate surface area is 112 Å². The minimum atomic E-state index is -0.761. The summed E-state index contributed by atoms with van der Waals surface area (Å²) in [4.78, 5) is 23.7. The molecule has 1 aliphatic rings. The maximum Gasteiger partial charge on any atom is 0.355 e. The van der Waals surface area contributed by atoms with Gasteiger partial charge in [-0.15, -0.1) is 0 Å². The van der Waals surface area contributed by atoms with Gasteiger partial charge in [-0.1, -0.05) is 12.8 Å². The number of ether oxygens (including phenoxy) is 1. The molecular weight excluding hydrogens is 244 g/mol. The predicted molar refractivity (Wildman–Crippen MR) is 70.7 cm³/mol. The largest absolute Gasteiger partial charge is 0.448 e. The van der Waals surface area contributed by atoms with Crippen LogP contribution in [0.4, 0.5) is 0 Å². The molecule has 1 atom stereocenters. The molecule has 1 aliphatic carbocycles. The molecule has 1 fully saturated rings. The summed E-state index contributed by atoms with van der Waals surface area (Å²) < 4.78 is 6.85. The van der Waals surface area contributed by atoms with Crippen LogP contribution in [0.25, 0.3) is 0 Å². The Morgan fingerprint density at radius 2 is 2.11 bits per heavy atom. The van der Waals surface area contributed by atoms with Crippen LogP contribution in [0.5, 0.6) is 0 Å². The molecule has 0 radical (unpaired) electrons. The molecule has 1 N–H and O–H groups in total. The molecule has 0 saturated heterocycles. The van der Waals surface area contributed by atoms with Crippen LogP contribution in [0.1, 0.15) is 43.1 Å². The zero-order valence-electron chi connectivity index (χ0n) is 11.4. The highest BCUT2D eigenvalue weighted by Gasteiger charge is 2.24. The van der Waals surface area contributed by atoms with E-state index in [1.807, 2.05) is 0 Å². The highest BCUT2D eigenvalue weighted by atomic mass is 16.5. The monoisotopic (exact) mass is 264 g/mol. The third-order valence-electron chi connectivity index (χ3n) is 3.51. The summed E-state index contributed by atoms with van der Waals surface area (Å²) in [5.74, 6) is -0.684. The first-order valence-corrected chi connectivity index (χ1v) is 6.70. The number of hydrogen-bond donors (Lipinski definition) is 1. The first-order valence-electron chi connectivity index (χ1n) is 6.70. The van der Waals surface area contributed by atoms with E-state index in [0.717, 1.165) is 25.7 Å². The second-order valence-corrected chi connectivity index (χ2v) is 5.04. The molecule has 1 aromatic rings. The van der Waals surface area contributed by atoms with E-state index in [4.69, 9.17) is 4.74 Å². The van der Waals surface area contributed by atoms with Crippen molar-refractivity contribution in [1.29, 1.82) is 0 Å². The molecule has 1 amide bonds. The van der Waals surface area contributed by atoms with Crippen molar-refractivity contribution in [2.24, 2.45) is 7.05 Å². The second-order valence-electron chi connectivity index (χ2n) is 5.04. The highest BCUT2D eigenvalue weighted by Crippen LogP contribution is 2.17. The molecule has 0 aromatic carbocycles. The van der Waals surface area contributed by atoms with Crippen molar-refractivity contribution in [3.63, 3.8) is 0 Å². The molecule has 5 heteroatoms. The van der Waals surface area contributed by atoms with Crippen molar-refractivity contribution < 1.29 is 14.3 Å². The minimum absolute atomic E-state index is 0.213. The van der Waals surface area contributed by atoms with Crippen LogP contribution in [-0.4, -0.2) is 28.6 Å². The fourth-order valence-electron chi connectivity index (χ4n) is 2.34. The Kier molecular flexibility index (Phi) is 4.24. The summed E-state index contributed by atoms with van der Waals surface area (Å²) in [6.45, 7) is 1.60. The first kappa shape index (κ1) is 13.6. The number of nitrogens with one attached hydrogen (secondary N) is 1. The lowest BCUT2D eigenvalue weighted by molar-refractivity contribution is -0.129. The Balaban J connectivity index is 1.86. The third kappa shape index (κ3) is 3.36. The quantitative estimate of drug-likeness (QED) is 0.841. The molecule has 5 nitrogen and oxygen atoms in total. The van der Waals surface area contributed by atoms with E-state index in [0.29, 0.717) is 5.69 Å². The van der Waals surface area contributed by atoms with Gasteiger partial charge in [-0.05, 0) is 31.9 Å². The summed E-state index contributed by atoms with van der Waals surface area (Å²) in [7, 11) is 1.76. The molecule has 0 aliphatic heterocycles. The van der Waals surface area contributed by atoms with E-state index in [1.54, 1.807) is 36.9 Å². The molecule has 1 heterocycles. The topological polar surface area (TPSA) is 60.3 Å². The predicted octanol–water partition coefficient (Wildman–Crippen LogP) is 1.63. The molecule has 1 saturated carbocycles. The van der Waals surface area contributed by atoms with Gasteiger partial charge in [0.05, 0.1) is 0 Å². The number of nitrogens with zero attached hydrogens (tertiary/aromatic N) is 1.